The zero-order valence-electron chi connectivity index (χ0n) is 17.2. The summed E-state index contributed by atoms with van der Waals surface area (Å²) in [7, 11) is 0. The summed E-state index contributed by atoms with van der Waals surface area (Å²) in [6.07, 6.45) is 6.18. The van der Waals surface area contributed by atoms with Crippen LogP contribution in [0.2, 0.25) is 0 Å². The van der Waals surface area contributed by atoms with E-state index in [1.807, 2.05) is 37.3 Å². The molecule has 0 bridgehead atoms. The molecule has 160 valence electrons. The Balaban J connectivity index is 1.97. The monoisotopic (exact) mass is 489 g/mol. The maximum Gasteiger partial charge on any atom is 0.255 e. The average molecular weight is 490 g/mol. The Labute approximate surface area is 192 Å². The van der Waals surface area contributed by atoms with Crippen molar-refractivity contribution in [1.82, 2.24) is 9.55 Å². The van der Waals surface area contributed by atoms with Crippen LogP contribution >= 0.6 is 15.9 Å². The minimum Gasteiger partial charge on any atom is -0.362 e. The summed E-state index contributed by atoms with van der Waals surface area (Å²) in [4.78, 5) is 29.5. The van der Waals surface area contributed by atoms with Crippen molar-refractivity contribution < 1.29 is 4.79 Å². The normalized spacial score (nSPS) is 11.2. The highest BCUT2D eigenvalue weighted by molar-refractivity contribution is 9.09. The fourth-order valence-electron chi connectivity index (χ4n) is 3.52. The molecular weight excluding hydrogens is 470 g/mol. The summed E-state index contributed by atoms with van der Waals surface area (Å²) >= 11 is 3.16. The molecule has 2 heterocycles. The molecule has 0 spiro atoms. The number of pyridine rings is 2. The quantitative estimate of drug-likeness (QED) is 0.206. The van der Waals surface area contributed by atoms with Gasteiger partial charge in [-0.3, -0.25) is 19.1 Å². The molecule has 0 aliphatic rings. The summed E-state index contributed by atoms with van der Waals surface area (Å²) in [6, 6.07) is 14.5. The van der Waals surface area contributed by atoms with Crippen molar-refractivity contribution in [2.24, 2.45) is 0 Å². The maximum atomic E-state index is 13.0. The number of aromatic nitrogens is 2. The van der Waals surface area contributed by atoms with Gasteiger partial charge < -0.3 is 16.0 Å². The van der Waals surface area contributed by atoms with Crippen molar-refractivity contribution in [2.45, 2.75) is 6.92 Å². The van der Waals surface area contributed by atoms with E-state index in [2.05, 4.69) is 31.5 Å². The third-order valence-electron chi connectivity index (χ3n) is 5.03. The van der Waals surface area contributed by atoms with Crippen LogP contribution < -0.4 is 16.2 Å². The van der Waals surface area contributed by atoms with Gasteiger partial charge >= 0.3 is 0 Å². The molecule has 0 atom stereocenters. The summed E-state index contributed by atoms with van der Waals surface area (Å²) < 4.78 is 1.64. The number of nitrogens with one attached hydrogen (secondary N) is 3. The summed E-state index contributed by atoms with van der Waals surface area (Å²) in [5, 5.41) is 14.9. The molecule has 0 fully saturated rings. The van der Waals surface area contributed by atoms with Crippen LogP contribution in [0.25, 0.3) is 27.5 Å². The van der Waals surface area contributed by atoms with Gasteiger partial charge in [0.25, 0.3) is 5.56 Å². The SMILES string of the molecule is Cc1ccc(-n2c(=O)ccc3cnc4ccc(N/C=C\C=N)cc4c32)cc1NC(=O)CBr. The Hall–Kier alpha value is -3.78. The second-order valence-electron chi connectivity index (χ2n) is 7.15. The number of benzene rings is 2. The first-order chi connectivity index (χ1) is 15.5. The van der Waals surface area contributed by atoms with Gasteiger partial charge in [-0.15, -0.1) is 0 Å². The lowest BCUT2D eigenvalue weighted by Crippen LogP contribution is -2.19. The number of amides is 1. The second kappa shape index (κ2) is 9.15. The largest absolute Gasteiger partial charge is 0.362 e. The van der Waals surface area contributed by atoms with Gasteiger partial charge in [-0.1, -0.05) is 22.0 Å². The summed E-state index contributed by atoms with van der Waals surface area (Å²) in [5.74, 6) is -0.168. The number of hydrogen-bond donors (Lipinski definition) is 3. The van der Waals surface area contributed by atoms with E-state index in [1.54, 1.807) is 35.2 Å². The lowest BCUT2D eigenvalue weighted by molar-refractivity contribution is -0.113. The average Bonchev–Trinajstić information content (AvgIpc) is 2.80. The van der Waals surface area contributed by atoms with Gasteiger partial charge in [-0.05, 0) is 55.0 Å². The molecule has 2 aromatic carbocycles. The summed E-state index contributed by atoms with van der Waals surface area (Å²) in [6.45, 7) is 1.90. The number of fused-ring (bicyclic) bond motifs is 3. The van der Waals surface area contributed by atoms with Crippen molar-refractivity contribution in [2.75, 3.05) is 16.0 Å². The fourth-order valence-corrected chi connectivity index (χ4v) is 3.66. The Bertz CT molecular complexity index is 1440. The molecule has 8 heteroatoms. The molecule has 0 aliphatic carbocycles. The van der Waals surface area contributed by atoms with Crippen molar-refractivity contribution in [3.05, 3.63) is 82.9 Å². The predicted molar refractivity (Wildman–Crippen MR) is 134 cm³/mol. The van der Waals surface area contributed by atoms with E-state index < -0.39 is 0 Å². The van der Waals surface area contributed by atoms with E-state index in [4.69, 9.17) is 5.41 Å². The maximum absolute atomic E-state index is 13.0. The van der Waals surface area contributed by atoms with Crippen LogP contribution in [0, 0.1) is 12.3 Å². The van der Waals surface area contributed by atoms with E-state index >= 15 is 0 Å². The minimum atomic E-state index is -0.186. The minimum absolute atomic E-state index is 0.168. The molecule has 7 nitrogen and oxygen atoms in total. The first-order valence-corrected chi connectivity index (χ1v) is 11.0. The van der Waals surface area contributed by atoms with E-state index in [0.29, 0.717) is 11.4 Å². The smallest absolute Gasteiger partial charge is 0.255 e. The highest BCUT2D eigenvalue weighted by Gasteiger charge is 2.13. The van der Waals surface area contributed by atoms with Crippen LogP contribution in [0.1, 0.15) is 5.56 Å². The van der Waals surface area contributed by atoms with Gasteiger partial charge in [0.2, 0.25) is 5.91 Å². The number of carbonyl (C=O) groups is 1. The highest BCUT2D eigenvalue weighted by Crippen LogP contribution is 2.28. The van der Waals surface area contributed by atoms with E-state index in [1.165, 1.54) is 12.3 Å². The molecule has 32 heavy (non-hydrogen) atoms. The zero-order chi connectivity index (χ0) is 22.7. The van der Waals surface area contributed by atoms with Crippen molar-refractivity contribution in [3.8, 4) is 5.69 Å². The van der Waals surface area contributed by atoms with E-state index in [9.17, 15) is 9.59 Å². The Morgan fingerprint density at radius 2 is 2.03 bits per heavy atom. The third kappa shape index (κ3) is 4.17. The van der Waals surface area contributed by atoms with Crippen LogP contribution in [0.3, 0.4) is 0 Å². The molecule has 0 saturated carbocycles. The first-order valence-electron chi connectivity index (χ1n) is 9.85. The summed E-state index contributed by atoms with van der Waals surface area (Å²) in [5.41, 5.74) is 4.28. The number of hydrogen-bond acceptors (Lipinski definition) is 5. The molecule has 0 aliphatic heterocycles. The number of anilines is 2. The van der Waals surface area contributed by atoms with Crippen LogP contribution in [-0.4, -0.2) is 27.0 Å². The Kier molecular flexibility index (Phi) is 6.13. The fraction of sp³-hybridized carbons (Fsp3) is 0.0833. The van der Waals surface area contributed by atoms with E-state index in [0.717, 1.165) is 33.1 Å². The highest BCUT2D eigenvalue weighted by atomic mass is 79.9. The van der Waals surface area contributed by atoms with Crippen molar-refractivity contribution in [1.29, 1.82) is 5.41 Å². The molecule has 2 aromatic heterocycles. The van der Waals surface area contributed by atoms with Crippen molar-refractivity contribution in [3.63, 3.8) is 0 Å². The number of rotatable bonds is 6. The standard InChI is InChI=1S/C24H20BrN5O2/c1-15-3-6-18(12-21(15)29-22(31)13-25)30-23(32)8-4-16-14-28-20-7-5-17(27-10-2-9-26)11-19(20)24(16)30/h2-12,14,26-27H,13H2,1H3,(H,29,31)/b10-2-,26-9?. The third-order valence-corrected chi connectivity index (χ3v) is 5.54. The molecule has 1 amide bonds. The molecule has 0 radical (unpaired) electrons. The van der Waals surface area contributed by atoms with Crippen LogP contribution in [0.4, 0.5) is 11.4 Å². The predicted octanol–water partition coefficient (Wildman–Crippen LogP) is 4.76. The lowest BCUT2D eigenvalue weighted by atomic mass is 10.1. The molecule has 0 saturated heterocycles. The van der Waals surface area contributed by atoms with Crippen LogP contribution in [0.15, 0.2) is 71.8 Å². The molecule has 4 aromatic rings. The molecular formula is C24H20BrN5O2. The number of allylic oxidation sites excluding steroid dienone is 1. The number of carbonyl (C=O) groups excluding carboxylic acids is 1. The molecule has 0 unspecified atom stereocenters. The van der Waals surface area contributed by atoms with Gasteiger partial charge in [0.1, 0.15) is 0 Å². The van der Waals surface area contributed by atoms with Crippen molar-refractivity contribution >= 4 is 61.2 Å². The van der Waals surface area contributed by atoms with Gasteiger partial charge in [-0.25, -0.2) is 0 Å². The van der Waals surface area contributed by atoms with Crippen LogP contribution in [-0.2, 0) is 4.79 Å². The van der Waals surface area contributed by atoms with Gasteiger partial charge in [-0.2, -0.15) is 0 Å². The number of halogens is 1. The first kappa shape index (κ1) is 21.5. The van der Waals surface area contributed by atoms with Gasteiger partial charge in [0, 0.05) is 46.8 Å². The molecule has 3 N–H and O–H groups in total. The number of aryl methyl sites for hydroxylation is 1. The number of alkyl halides is 1. The Morgan fingerprint density at radius 3 is 2.81 bits per heavy atom. The zero-order valence-corrected chi connectivity index (χ0v) is 18.8. The molecule has 4 rings (SSSR count). The lowest BCUT2D eigenvalue weighted by Gasteiger charge is -2.15. The van der Waals surface area contributed by atoms with Gasteiger partial charge in [0.05, 0.1) is 22.1 Å². The number of nitrogens with zero attached hydrogens (tertiary/aromatic N) is 2. The van der Waals surface area contributed by atoms with Gasteiger partial charge in [0.15, 0.2) is 0 Å². The van der Waals surface area contributed by atoms with E-state index in [-0.39, 0.29) is 16.8 Å². The topological polar surface area (TPSA) is 99.9 Å². The Morgan fingerprint density at radius 1 is 1.19 bits per heavy atom. The second-order valence-corrected chi connectivity index (χ2v) is 7.71. The van der Waals surface area contributed by atoms with Crippen LogP contribution in [0.5, 0.6) is 0 Å².